The van der Waals surface area contributed by atoms with E-state index in [0.717, 1.165) is 38.6 Å². The van der Waals surface area contributed by atoms with Gasteiger partial charge in [-0.3, -0.25) is 4.68 Å². The molecular formula is C22H30N4O. The van der Waals surface area contributed by atoms with E-state index in [1.165, 1.54) is 42.5 Å². The molecule has 2 N–H and O–H groups in total. The largest absolute Gasteiger partial charge is 0.335 e. The van der Waals surface area contributed by atoms with Crippen LogP contribution in [0.4, 0.5) is 4.79 Å². The molecule has 0 aliphatic heterocycles. The van der Waals surface area contributed by atoms with Crippen molar-refractivity contribution in [1.29, 1.82) is 0 Å². The minimum atomic E-state index is -0.0180. The number of urea groups is 1. The van der Waals surface area contributed by atoms with Gasteiger partial charge in [-0.1, -0.05) is 56.0 Å². The van der Waals surface area contributed by atoms with Crippen molar-refractivity contribution in [3.63, 3.8) is 0 Å². The van der Waals surface area contributed by atoms with Crippen LogP contribution in [-0.2, 0) is 13.0 Å². The number of nitrogens with zero attached hydrogens (tertiary/aromatic N) is 2. The molecule has 0 bridgehead atoms. The summed E-state index contributed by atoms with van der Waals surface area (Å²) in [4.78, 5) is 12.5. The van der Waals surface area contributed by atoms with Crippen LogP contribution in [0.25, 0.3) is 0 Å². The topological polar surface area (TPSA) is 59.0 Å². The van der Waals surface area contributed by atoms with E-state index in [9.17, 15) is 4.79 Å². The van der Waals surface area contributed by atoms with Crippen LogP contribution in [0.5, 0.6) is 0 Å². The number of amides is 2. The highest BCUT2D eigenvalue weighted by Gasteiger charge is 2.26. The van der Waals surface area contributed by atoms with Gasteiger partial charge in [0.25, 0.3) is 0 Å². The van der Waals surface area contributed by atoms with Crippen LogP contribution in [0.15, 0.2) is 36.5 Å². The molecule has 4 rings (SSSR count). The first-order valence-corrected chi connectivity index (χ1v) is 10.4. The Hall–Kier alpha value is -2.30. The molecular weight excluding hydrogens is 336 g/mol. The van der Waals surface area contributed by atoms with Crippen molar-refractivity contribution >= 4 is 6.03 Å². The molecule has 1 saturated carbocycles. The maximum Gasteiger partial charge on any atom is 0.315 e. The van der Waals surface area contributed by atoms with Crippen molar-refractivity contribution in [2.24, 2.45) is 0 Å². The van der Waals surface area contributed by atoms with E-state index in [-0.39, 0.29) is 12.1 Å². The van der Waals surface area contributed by atoms with Crippen molar-refractivity contribution in [1.82, 2.24) is 20.4 Å². The maximum absolute atomic E-state index is 12.5. The second-order valence-electron chi connectivity index (χ2n) is 7.94. The van der Waals surface area contributed by atoms with E-state index in [0.29, 0.717) is 6.04 Å². The second-order valence-corrected chi connectivity index (χ2v) is 7.94. The lowest BCUT2D eigenvalue weighted by Crippen LogP contribution is -2.44. The summed E-state index contributed by atoms with van der Waals surface area (Å²) >= 11 is 0. The number of hydrogen-bond donors (Lipinski definition) is 2. The normalized spacial score (nSPS) is 20.5. The lowest BCUT2D eigenvalue weighted by atomic mass is 9.93. The summed E-state index contributed by atoms with van der Waals surface area (Å²) in [6.45, 7) is 0.789. The molecule has 5 nitrogen and oxygen atoms in total. The fourth-order valence-electron chi connectivity index (χ4n) is 4.47. The Morgan fingerprint density at radius 1 is 1.00 bits per heavy atom. The molecule has 5 heteroatoms. The summed E-state index contributed by atoms with van der Waals surface area (Å²) in [5.41, 5.74) is 3.71. The molecule has 2 aliphatic rings. The molecule has 2 aliphatic carbocycles. The van der Waals surface area contributed by atoms with Gasteiger partial charge in [-0.05, 0) is 37.7 Å². The average molecular weight is 367 g/mol. The van der Waals surface area contributed by atoms with Gasteiger partial charge in [0.05, 0.1) is 18.8 Å². The Morgan fingerprint density at radius 3 is 2.56 bits per heavy atom. The summed E-state index contributed by atoms with van der Waals surface area (Å²) in [6, 6.07) is 10.8. The monoisotopic (exact) mass is 366 g/mol. The number of carbonyl (C=O) groups excluding carboxylic acids is 1. The number of rotatable bonds is 4. The quantitative estimate of drug-likeness (QED) is 0.791. The summed E-state index contributed by atoms with van der Waals surface area (Å²) in [5.74, 6) is 0. The van der Waals surface area contributed by atoms with E-state index in [4.69, 9.17) is 0 Å². The van der Waals surface area contributed by atoms with Gasteiger partial charge < -0.3 is 10.6 Å². The van der Waals surface area contributed by atoms with E-state index in [1.807, 2.05) is 12.3 Å². The van der Waals surface area contributed by atoms with Gasteiger partial charge in [0.1, 0.15) is 0 Å². The van der Waals surface area contributed by atoms with Crippen molar-refractivity contribution < 1.29 is 4.79 Å². The van der Waals surface area contributed by atoms with E-state index in [1.54, 1.807) is 0 Å². The third-order valence-corrected chi connectivity index (χ3v) is 5.93. The van der Waals surface area contributed by atoms with Crippen LogP contribution in [-0.4, -0.2) is 21.9 Å². The Kier molecular flexibility index (Phi) is 5.75. The highest BCUT2D eigenvalue weighted by Crippen LogP contribution is 2.30. The maximum atomic E-state index is 12.5. The number of aromatic nitrogens is 2. The van der Waals surface area contributed by atoms with Crippen molar-refractivity contribution in [3.05, 3.63) is 53.3 Å². The molecule has 1 heterocycles. The minimum absolute atomic E-state index is 0.0180. The molecule has 144 valence electrons. The fraction of sp³-hybridized carbons (Fsp3) is 0.545. The zero-order valence-corrected chi connectivity index (χ0v) is 16.0. The van der Waals surface area contributed by atoms with Gasteiger partial charge in [0, 0.05) is 17.3 Å². The van der Waals surface area contributed by atoms with E-state index >= 15 is 0 Å². The van der Waals surface area contributed by atoms with Crippen molar-refractivity contribution in [2.75, 3.05) is 0 Å². The third kappa shape index (κ3) is 4.52. The number of hydrogen-bond acceptors (Lipinski definition) is 2. The van der Waals surface area contributed by atoms with Gasteiger partial charge in [0.2, 0.25) is 0 Å². The number of carbonyl (C=O) groups is 1. The van der Waals surface area contributed by atoms with Gasteiger partial charge in [-0.15, -0.1) is 0 Å². The van der Waals surface area contributed by atoms with Crippen LogP contribution in [0, 0.1) is 0 Å². The van der Waals surface area contributed by atoms with Gasteiger partial charge in [-0.2, -0.15) is 5.10 Å². The summed E-state index contributed by atoms with van der Waals surface area (Å²) in [5, 5.41) is 11.0. The van der Waals surface area contributed by atoms with Crippen LogP contribution in [0.2, 0.25) is 0 Å². The SMILES string of the molecule is O=C(NC1CCCCCC1)N[C@H]1CCCc2c1cnn2Cc1ccccc1. The smallest absolute Gasteiger partial charge is 0.315 e. The molecule has 1 aromatic heterocycles. The molecule has 1 aromatic carbocycles. The van der Waals surface area contributed by atoms with Gasteiger partial charge >= 0.3 is 6.03 Å². The van der Waals surface area contributed by atoms with Crippen molar-refractivity contribution in [3.8, 4) is 0 Å². The predicted octanol–water partition coefficient (Wildman–Crippen LogP) is 4.33. The van der Waals surface area contributed by atoms with Crippen LogP contribution >= 0.6 is 0 Å². The lowest BCUT2D eigenvalue weighted by molar-refractivity contribution is 0.230. The zero-order chi connectivity index (χ0) is 18.5. The predicted molar refractivity (Wildman–Crippen MR) is 107 cm³/mol. The molecule has 27 heavy (non-hydrogen) atoms. The lowest BCUT2D eigenvalue weighted by Gasteiger charge is -2.26. The molecule has 0 radical (unpaired) electrons. The third-order valence-electron chi connectivity index (χ3n) is 5.93. The van der Waals surface area contributed by atoms with Crippen LogP contribution in [0.1, 0.15) is 74.2 Å². The van der Waals surface area contributed by atoms with Crippen molar-refractivity contribution in [2.45, 2.75) is 76.4 Å². The van der Waals surface area contributed by atoms with Gasteiger partial charge in [-0.25, -0.2) is 4.79 Å². The standard InChI is InChI=1S/C22H30N4O/c27-22(24-18-11-6-1-2-7-12-18)25-20-13-8-14-21-19(20)15-23-26(21)16-17-9-4-3-5-10-17/h3-5,9-10,15,18,20H,1-2,6-8,11-14,16H2,(H2,24,25,27)/t20-/m0/s1. The molecule has 0 spiro atoms. The Bertz CT molecular complexity index is 747. The molecule has 2 amide bonds. The first-order valence-electron chi connectivity index (χ1n) is 10.4. The number of fused-ring (bicyclic) bond motifs is 1. The summed E-state index contributed by atoms with van der Waals surface area (Å²) < 4.78 is 2.10. The molecule has 1 fully saturated rings. The van der Waals surface area contributed by atoms with Crippen LogP contribution in [0.3, 0.4) is 0 Å². The Labute approximate surface area is 161 Å². The number of nitrogens with one attached hydrogen (secondary N) is 2. The highest BCUT2D eigenvalue weighted by atomic mass is 16.2. The fourth-order valence-corrected chi connectivity index (χ4v) is 4.47. The summed E-state index contributed by atoms with van der Waals surface area (Å²) in [7, 11) is 0. The summed E-state index contributed by atoms with van der Waals surface area (Å²) in [6.07, 6.45) is 12.3. The molecule has 0 unspecified atom stereocenters. The Morgan fingerprint density at radius 2 is 1.78 bits per heavy atom. The second kappa shape index (κ2) is 8.59. The van der Waals surface area contributed by atoms with E-state index < -0.39 is 0 Å². The van der Waals surface area contributed by atoms with Crippen LogP contribution < -0.4 is 10.6 Å². The number of benzene rings is 1. The Balaban J connectivity index is 1.40. The van der Waals surface area contributed by atoms with Gasteiger partial charge in [0.15, 0.2) is 0 Å². The molecule has 1 atom stereocenters. The highest BCUT2D eigenvalue weighted by molar-refractivity contribution is 5.74. The average Bonchev–Trinajstić information content (AvgIpc) is 2.91. The molecule has 2 aromatic rings. The zero-order valence-electron chi connectivity index (χ0n) is 16.0. The first kappa shape index (κ1) is 18.1. The first-order chi connectivity index (χ1) is 13.3. The van der Waals surface area contributed by atoms with E-state index in [2.05, 4.69) is 44.7 Å². The minimum Gasteiger partial charge on any atom is -0.335 e. The molecule has 0 saturated heterocycles.